The van der Waals surface area contributed by atoms with Crippen molar-refractivity contribution in [2.75, 3.05) is 45.3 Å². The number of aromatic nitrogens is 2. The quantitative estimate of drug-likeness (QED) is 0.287. The number of rotatable bonds is 8. The maximum atomic E-state index is 14.8. The first-order valence-corrected chi connectivity index (χ1v) is 12.1. The zero-order chi connectivity index (χ0) is 27.9. The van der Waals surface area contributed by atoms with Gasteiger partial charge in [0.05, 0.1) is 25.6 Å². The summed E-state index contributed by atoms with van der Waals surface area (Å²) in [5.41, 5.74) is 6.06. The maximum absolute atomic E-state index is 14.8. The molecule has 1 atom stereocenters. The third-order valence-electron chi connectivity index (χ3n) is 5.38. The van der Waals surface area contributed by atoms with E-state index < -0.39 is 35.1 Å². The van der Waals surface area contributed by atoms with E-state index in [1.165, 1.54) is 19.2 Å². The van der Waals surface area contributed by atoms with Crippen molar-refractivity contribution in [3.8, 4) is 5.88 Å². The predicted octanol–water partition coefficient (Wildman–Crippen LogP) is 2.65. The Kier molecular flexibility index (Phi) is 9.49. The van der Waals surface area contributed by atoms with E-state index in [0.717, 1.165) is 30.2 Å². The van der Waals surface area contributed by atoms with E-state index in [4.69, 9.17) is 10.5 Å². The molecule has 3 rings (SSSR count). The molecule has 0 saturated carbocycles. The summed E-state index contributed by atoms with van der Waals surface area (Å²) in [6.45, 7) is 1.65. The number of carbonyl (C=O) groups excluding carboxylic acids is 2. The van der Waals surface area contributed by atoms with Gasteiger partial charge in [-0.05, 0) is 37.1 Å². The summed E-state index contributed by atoms with van der Waals surface area (Å²) < 4.78 is 60.2. The van der Waals surface area contributed by atoms with Crippen LogP contribution in [0.5, 0.6) is 5.88 Å². The molecule has 1 saturated heterocycles. The number of nitrogens with one attached hydrogen (secondary N) is 1. The van der Waals surface area contributed by atoms with Crippen LogP contribution >= 0.6 is 11.8 Å². The predicted molar refractivity (Wildman–Crippen MR) is 133 cm³/mol. The van der Waals surface area contributed by atoms with Crippen molar-refractivity contribution in [3.63, 3.8) is 0 Å². The molecule has 206 valence electrons. The lowest BCUT2D eigenvalue weighted by Crippen LogP contribution is -2.51. The van der Waals surface area contributed by atoms with Crippen LogP contribution in [0.1, 0.15) is 23.0 Å². The van der Waals surface area contributed by atoms with Crippen molar-refractivity contribution in [1.29, 1.82) is 0 Å². The second-order valence-electron chi connectivity index (χ2n) is 8.38. The Morgan fingerprint density at radius 3 is 2.55 bits per heavy atom. The van der Waals surface area contributed by atoms with Gasteiger partial charge in [0.15, 0.2) is 11.8 Å². The Morgan fingerprint density at radius 2 is 1.95 bits per heavy atom. The standard InChI is InChI=1S/C23H26F4N6O4S/c1-22(38-21(28)29-2,20(35)33-5-7-36-8-6-33)10-14-9-15(3-4-16(14)24)32-19(34)17-11-31-18(12-30-17)37-13-23(25,26)27/h3-4,9,11-12H,5-8,10,13H2,1-2H3,(H2,28,29)(H,32,34)/t22-/m1/s1. The van der Waals surface area contributed by atoms with Crippen LogP contribution in [0.15, 0.2) is 35.6 Å². The summed E-state index contributed by atoms with van der Waals surface area (Å²) in [6.07, 6.45) is -2.78. The monoisotopic (exact) mass is 558 g/mol. The van der Waals surface area contributed by atoms with E-state index in [-0.39, 0.29) is 34.4 Å². The molecule has 2 amide bonds. The fourth-order valence-electron chi connectivity index (χ4n) is 3.54. The Balaban J connectivity index is 1.76. The lowest BCUT2D eigenvalue weighted by Gasteiger charge is -2.36. The average molecular weight is 559 g/mol. The highest BCUT2D eigenvalue weighted by Crippen LogP contribution is 2.33. The number of nitrogens with two attached hydrogens (primary N) is 1. The van der Waals surface area contributed by atoms with Crippen LogP contribution in [0.4, 0.5) is 23.2 Å². The number of anilines is 1. The first kappa shape index (κ1) is 29.1. The number of carbonyl (C=O) groups is 2. The van der Waals surface area contributed by atoms with Crippen LogP contribution in [0.2, 0.25) is 0 Å². The van der Waals surface area contributed by atoms with Crippen LogP contribution in [-0.4, -0.2) is 82.7 Å². The molecule has 1 fully saturated rings. The van der Waals surface area contributed by atoms with Gasteiger partial charge in [-0.1, -0.05) is 11.8 Å². The van der Waals surface area contributed by atoms with Crippen molar-refractivity contribution >= 4 is 34.4 Å². The highest BCUT2D eigenvalue weighted by molar-refractivity contribution is 8.15. The molecule has 1 aromatic carbocycles. The molecule has 10 nitrogen and oxygen atoms in total. The number of thioether (sulfide) groups is 1. The minimum absolute atomic E-state index is 0.0648. The summed E-state index contributed by atoms with van der Waals surface area (Å²) in [5, 5.41) is 2.69. The van der Waals surface area contributed by atoms with Gasteiger partial charge in [-0.2, -0.15) is 13.2 Å². The number of benzene rings is 1. The zero-order valence-corrected chi connectivity index (χ0v) is 21.4. The van der Waals surface area contributed by atoms with Gasteiger partial charge in [-0.25, -0.2) is 14.4 Å². The number of hydrogen-bond donors (Lipinski definition) is 2. The van der Waals surface area contributed by atoms with Crippen molar-refractivity contribution < 1.29 is 36.6 Å². The molecule has 1 aliphatic heterocycles. The van der Waals surface area contributed by atoms with Gasteiger partial charge in [-0.15, -0.1) is 0 Å². The van der Waals surface area contributed by atoms with Gasteiger partial charge in [0, 0.05) is 25.8 Å². The topological polar surface area (TPSA) is 132 Å². The largest absolute Gasteiger partial charge is 0.467 e. The van der Waals surface area contributed by atoms with E-state index in [9.17, 15) is 27.2 Å². The van der Waals surface area contributed by atoms with Gasteiger partial charge in [0.2, 0.25) is 11.8 Å². The minimum atomic E-state index is -4.55. The second kappa shape index (κ2) is 12.4. The smallest absolute Gasteiger partial charge is 0.422 e. The van der Waals surface area contributed by atoms with E-state index in [2.05, 4.69) is 25.0 Å². The molecule has 1 aliphatic rings. The Labute approximate surface area is 220 Å². The summed E-state index contributed by atoms with van der Waals surface area (Å²) in [4.78, 5) is 39.0. The summed E-state index contributed by atoms with van der Waals surface area (Å²) in [5.74, 6) is -1.99. The van der Waals surface area contributed by atoms with Crippen LogP contribution < -0.4 is 15.8 Å². The molecule has 0 radical (unpaired) electrons. The molecular weight excluding hydrogens is 532 g/mol. The number of nitrogens with zero attached hydrogens (tertiary/aromatic N) is 4. The van der Waals surface area contributed by atoms with E-state index >= 15 is 0 Å². The lowest BCUT2D eigenvalue weighted by atomic mass is 9.97. The molecule has 0 bridgehead atoms. The molecule has 2 aromatic rings. The number of ether oxygens (including phenoxy) is 2. The third kappa shape index (κ3) is 8.02. The highest BCUT2D eigenvalue weighted by Gasteiger charge is 2.40. The van der Waals surface area contributed by atoms with E-state index in [1.54, 1.807) is 11.8 Å². The molecule has 38 heavy (non-hydrogen) atoms. The van der Waals surface area contributed by atoms with Crippen molar-refractivity contribution in [1.82, 2.24) is 14.9 Å². The molecule has 0 aliphatic carbocycles. The molecule has 0 spiro atoms. The van der Waals surface area contributed by atoms with Gasteiger partial charge in [0.25, 0.3) is 5.91 Å². The third-order valence-corrected chi connectivity index (χ3v) is 6.54. The number of amidine groups is 1. The van der Waals surface area contributed by atoms with Crippen molar-refractivity contribution in [3.05, 3.63) is 47.7 Å². The highest BCUT2D eigenvalue weighted by atomic mass is 32.2. The molecule has 2 heterocycles. The van der Waals surface area contributed by atoms with Gasteiger partial charge in [-0.3, -0.25) is 14.6 Å². The maximum Gasteiger partial charge on any atom is 0.422 e. The molecule has 1 aromatic heterocycles. The number of halogens is 4. The fraction of sp³-hybridized carbons (Fsp3) is 0.435. The SMILES string of the molecule is C/N=C(/N)S[C@](C)(Cc1cc(NC(=O)c2cnc(OCC(F)(F)F)cn2)ccc1F)C(=O)N1CCOCC1. The minimum Gasteiger partial charge on any atom is -0.467 e. The lowest BCUT2D eigenvalue weighted by molar-refractivity contribution is -0.154. The Hall–Kier alpha value is -3.46. The first-order chi connectivity index (χ1) is 17.9. The molecular formula is C23H26F4N6O4S. The molecule has 15 heteroatoms. The van der Waals surface area contributed by atoms with Gasteiger partial charge >= 0.3 is 6.18 Å². The van der Waals surface area contributed by atoms with Crippen molar-refractivity contribution in [2.24, 2.45) is 10.7 Å². The Morgan fingerprint density at radius 1 is 1.24 bits per heavy atom. The van der Waals surface area contributed by atoms with Crippen LogP contribution in [0, 0.1) is 5.82 Å². The number of aliphatic imine (C=N–C) groups is 1. The zero-order valence-electron chi connectivity index (χ0n) is 20.5. The normalized spacial score (nSPS) is 16.1. The van der Waals surface area contributed by atoms with Gasteiger partial charge in [0.1, 0.15) is 16.3 Å². The van der Waals surface area contributed by atoms with E-state index in [1.807, 2.05) is 0 Å². The Bertz CT molecular complexity index is 1180. The van der Waals surface area contributed by atoms with Crippen LogP contribution in [-0.2, 0) is 16.0 Å². The van der Waals surface area contributed by atoms with Crippen LogP contribution in [0.25, 0.3) is 0 Å². The molecule has 3 N–H and O–H groups in total. The van der Waals surface area contributed by atoms with Crippen LogP contribution in [0.3, 0.4) is 0 Å². The average Bonchev–Trinajstić information content (AvgIpc) is 2.89. The summed E-state index contributed by atoms with van der Waals surface area (Å²) >= 11 is 1.02. The summed E-state index contributed by atoms with van der Waals surface area (Å²) in [6, 6.07) is 3.85. The second-order valence-corrected chi connectivity index (χ2v) is 9.90. The number of hydrogen-bond acceptors (Lipinski definition) is 8. The fourth-order valence-corrected chi connectivity index (χ4v) is 4.54. The van der Waals surface area contributed by atoms with E-state index in [0.29, 0.717) is 26.3 Å². The summed E-state index contributed by atoms with van der Waals surface area (Å²) in [7, 11) is 1.48. The van der Waals surface area contributed by atoms with Gasteiger partial charge < -0.3 is 25.4 Å². The van der Waals surface area contributed by atoms with Crippen molar-refractivity contribution in [2.45, 2.75) is 24.3 Å². The first-order valence-electron chi connectivity index (χ1n) is 11.3. The molecule has 0 unspecified atom stereocenters. The number of alkyl halides is 3. The number of amides is 2. The number of morpholine rings is 1.